The van der Waals surface area contributed by atoms with Crippen LogP contribution in [0.5, 0.6) is 0 Å². The lowest BCUT2D eigenvalue weighted by Crippen LogP contribution is -2.49. The molecule has 5 heteroatoms. The molecule has 3 rings (SSSR count). The Morgan fingerprint density at radius 2 is 2.00 bits per heavy atom. The minimum atomic E-state index is 0.186. The molecular formula is C15H20N4O. The number of hydrogen-bond donors (Lipinski definition) is 1. The fourth-order valence-electron chi connectivity index (χ4n) is 2.66. The zero-order valence-electron chi connectivity index (χ0n) is 11.9. The number of rotatable bonds is 2. The maximum atomic E-state index is 6.12. The standard InChI is InChI=1S/C15H20N4O/c1-3-11-9-20-10(2)8-19(11)15-14(16)17-12-6-4-5-7-13(12)18-15/h4-7,10-11H,3,8-9H2,1-2H3,(H2,16,17). The highest BCUT2D eigenvalue weighted by Gasteiger charge is 2.28. The van der Waals surface area contributed by atoms with Crippen LogP contribution in [0.15, 0.2) is 24.3 Å². The first kappa shape index (κ1) is 13.1. The highest BCUT2D eigenvalue weighted by Crippen LogP contribution is 2.27. The van der Waals surface area contributed by atoms with Gasteiger partial charge in [-0.25, -0.2) is 9.97 Å². The van der Waals surface area contributed by atoms with Gasteiger partial charge in [-0.3, -0.25) is 0 Å². The number of aromatic nitrogens is 2. The third-order valence-corrected chi connectivity index (χ3v) is 3.79. The molecule has 2 unspecified atom stereocenters. The topological polar surface area (TPSA) is 64.3 Å². The van der Waals surface area contributed by atoms with Crippen LogP contribution in [-0.2, 0) is 4.74 Å². The number of benzene rings is 1. The molecular weight excluding hydrogens is 252 g/mol. The van der Waals surface area contributed by atoms with Crippen LogP contribution in [-0.4, -0.2) is 35.3 Å². The van der Waals surface area contributed by atoms with Crippen LogP contribution < -0.4 is 10.6 Å². The summed E-state index contributed by atoms with van der Waals surface area (Å²) >= 11 is 0. The van der Waals surface area contributed by atoms with Crippen molar-refractivity contribution in [3.05, 3.63) is 24.3 Å². The monoisotopic (exact) mass is 272 g/mol. The Morgan fingerprint density at radius 1 is 1.30 bits per heavy atom. The lowest BCUT2D eigenvalue weighted by molar-refractivity contribution is 0.0297. The fraction of sp³-hybridized carbons (Fsp3) is 0.467. The summed E-state index contributed by atoms with van der Waals surface area (Å²) in [4.78, 5) is 11.4. The molecule has 2 heterocycles. The molecule has 0 amide bonds. The van der Waals surface area contributed by atoms with E-state index in [-0.39, 0.29) is 6.10 Å². The van der Waals surface area contributed by atoms with Crippen molar-refractivity contribution in [2.24, 2.45) is 0 Å². The van der Waals surface area contributed by atoms with Crippen molar-refractivity contribution in [1.29, 1.82) is 0 Å². The number of anilines is 2. The third kappa shape index (κ3) is 2.29. The molecule has 1 aliphatic rings. The van der Waals surface area contributed by atoms with E-state index in [2.05, 4.69) is 23.7 Å². The van der Waals surface area contributed by atoms with Gasteiger partial charge < -0.3 is 15.4 Å². The Hall–Kier alpha value is -1.88. The van der Waals surface area contributed by atoms with Crippen molar-refractivity contribution in [2.45, 2.75) is 32.4 Å². The van der Waals surface area contributed by atoms with Gasteiger partial charge in [0.2, 0.25) is 0 Å². The van der Waals surface area contributed by atoms with Crippen molar-refractivity contribution < 1.29 is 4.74 Å². The van der Waals surface area contributed by atoms with Crippen LogP contribution in [0.2, 0.25) is 0 Å². The summed E-state index contributed by atoms with van der Waals surface area (Å²) in [5.41, 5.74) is 7.84. The van der Waals surface area contributed by atoms with Gasteiger partial charge in [0.1, 0.15) is 0 Å². The van der Waals surface area contributed by atoms with Gasteiger partial charge in [-0.2, -0.15) is 0 Å². The molecule has 1 fully saturated rings. The first-order valence-corrected chi connectivity index (χ1v) is 7.09. The number of fused-ring (bicyclic) bond motifs is 1. The molecule has 1 aliphatic heterocycles. The molecule has 0 aliphatic carbocycles. The van der Waals surface area contributed by atoms with E-state index < -0.39 is 0 Å². The second-order valence-electron chi connectivity index (χ2n) is 5.28. The minimum absolute atomic E-state index is 0.186. The number of ether oxygens (including phenoxy) is 1. The molecule has 2 aromatic rings. The quantitative estimate of drug-likeness (QED) is 0.908. The van der Waals surface area contributed by atoms with Crippen molar-refractivity contribution in [3.63, 3.8) is 0 Å². The van der Waals surface area contributed by atoms with E-state index in [9.17, 15) is 0 Å². The predicted molar refractivity (Wildman–Crippen MR) is 80.8 cm³/mol. The van der Waals surface area contributed by atoms with Crippen LogP contribution in [0.3, 0.4) is 0 Å². The maximum absolute atomic E-state index is 6.12. The van der Waals surface area contributed by atoms with Gasteiger partial charge >= 0.3 is 0 Å². The van der Waals surface area contributed by atoms with E-state index in [1.165, 1.54) is 0 Å². The van der Waals surface area contributed by atoms with E-state index in [4.69, 9.17) is 15.5 Å². The number of hydrogen-bond acceptors (Lipinski definition) is 5. The minimum Gasteiger partial charge on any atom is -0.381 e. The normalized spacial score (nSPS) is 23.2. The maximum Gasteiger partial charge on any atom is 0.172 e. The summed E-state index contributed by atoms with van der Waals surface area (Å²) in [5.74, 6) is 1.28. The van der Waals surface area contributed by atoms with Crippen LogP contribution in [0, 0.1) is 0 Å². The molecule has 5 nitrogen and oxygen atoms in total. The molecule has 2 atom stereocenters. The Labute approximate surface area is 118 Å². The van der Waals surface area contributed by atoms with Crippen molar-refractivity contribution in [3.8, 4) is 0 Å². The molecule has 0 bridgehead atoms. The second kappa shape index (κ2) is 5.25. The lowest BCUT2D eigenvalue weighted by Gasteiger charge is -2.39. The SMILES string of the molecule is CCC1COC(C)CN1c1nc2ccccc2nc1N. The smallest absolute Gasteiger partial charge is 0.172 e. The van der Waals surface area contributed by atoms with Gasteiger partial charge in [0, 0.05) is 6.54 Å². The molecule has 2 N–H and O–H groups in total. The molecule has 1 aromatic carbocycles. The second-order valence-corrected chi connectivity index (χ2v) is 5.28. The summed E-state index contributed by atoms with van der Waals surface area (Å²) in [6.07, 6.45) is 1.19. The first-order valence-electron chi connectivity index (χ1n) is 7.09. The average Bonchev–Trinajstić information content (AvgIpc) is 2.46. The number of nitrogens with zero attached hydrogens (tertiary/aromatic N) is 3. The van der Waals surface area contributed by atoms with E-state index in [1.54, 1.807) is 0 Å². The average molecular weight is 272 g/mol. The number of morpholine rings is 1. The summed E-state index contributed by atoms with van der Waals surface area (Å²) in [5, 5.41) is 0. The molecule has 20 heavy (non-hydrogen) atoms. The van der Waals surface area contributed by atoms with E-state index in [0.717, 1.165) is 29.8 Å². The molecule has 0 radical (unpaired) electrons. The predicted octanol–water partition coefficient (Wildman–Crippen LogP) is 2.22. The zero-order valence-corrected chi connectivity index (χ0v) is 11.9. The fourth-order valence-corrected chi connectivity index (χ4v) is 2.66. The summed E-state index contributed by atoms with van der Waals surface area (Å²) in [6.45, 7) is 5.74. The highest BCUT2D eigenvalue weighted by atomic mass is 16.5. The molecule has 1 saturated heterocycles. The van der Waals surface area contributed by atoms with E-state index >= 15 is 0 Å². The molecule has 106 valence electrons. The molecule has 0 spiro atoms. The van der Waals surface area contributed by atoms with Gasteiger partial charge in [0.15, 0.2) is 11.6 Å². The van der Waals surface area contributed by atoms with Crippen molar-refractivity contribution >= 4 is 22.7 Å². The van der Waals surface area contributed by atoms with Crippen LogP contribution in [0.1, 0.15) is 20.3 Å². The molecule has 1 aromatic heterocycles. The molecule has 0 saturated carbocycles. The van der Waals surface area contributed by atoms with Crippen molar-refractivity contribution in [1.82, 2.24) is 9.97 Å². The largest absolute Gasteiger partial charge is 0.381 e. The van der Waals surface area contributed by atoms with E-state index in [0.29, 0.717) is 18.5 Å². The van der Waals surface area contributed by atoms with Gasteiger partial charge in [0.05, 0.1) is 29.8 Å². The van der Waals surface area contributed by atoms with Gasteiger partial charge in [0.25, 0.3) is 0 Å². The van der Waals surface area contributed by atoms with Crippen LogP contribution >= 0.6 is 0 Å². The Morgan fingerprint density at radius 3 is 2.70 bits per heavy atom. The van der Waals surface area contributed by atoms with Crippen molar-refractivity contribution in [2.75, 3.05) is 23.8 Å². The number of para-hydroxylation sites is 2. The van der Waals surface area contributed by atoms with Gasteiger partial charge in [-0.05, 0) is 25.5 Å². The third-order valence-electron chi connectivity index (χ3n) is 3.79. The van der Waals surface area contributed by atoms with Crippen LogP contribution in [0.25, 0.3) is 11.0 Å². The van der Waals surface area contributed by atoms with E-state index in [1.807, 2.05) is 24.3 Å². The number of nitrogens with two attached hydrogens (primary N) is 1. The Bertz CT molecular complexity index is 616. The lowest BCUT2D eigenvalue weighted by atomic mass is 10.1. The zero-order chi connectivity index (χ0) is 14.1. The number of nitrogen functional groups attached to an aromatic ring is 1. The summed E-state index contributed by atoms with van der Waals surface area (Å²) in [7, 11) is 0. The first-order chi connectivity index (χ1) is 9.69. The Balaban J connectivity index is 2.05. The summed E-state index contributed by atoms with van der Waals surface area (Å²) < 4.78 is 5.73. The van der Waals surface area contributed by atoms with Gasteiger partial charge in [-0.1, -0.05) is 19.1 Å². The van der Waals surface area contributed by atoms with Gasteiger partial charge in [-0.15, -0.1) is 0 Å². The highest BCUT2D eigenvalue weighted by molar-refractivity contribution is 5.79. The van der Waals surface area contributed by atoms with Crippen LogP contribution in [0.4, 0.5) is 11.6 Å². The Kier molecular flexibility index (Phi) is 3.44. The summed E-state index contributed by atoms with van der Waals surface area (Å²) in [6, 6.07) is 8.12.